The average Bonchev–Trinajstić information content (AvgIpc) is 2.75. The molecule has 0 fully saturated rings. The van der Waals surface area contributed by atoms with E-state index in [1.165, 1.54) is 12.1 Å². The van der Waals surface area contributed by atoms with Gasteiger partial charge in [-0.25, -0.2) is 9.82 Å². The van der Waals surface area contributed by atoms with Crippen LogP contribution in [0.4, 0.5) is 4.39 Å². The van der Waals surface area contributed by atoms with Crippen LogP contribution in [0.15, 0.2) is 41.8 Å². The number of halogens is 1. The van der Waals surface area contributed by atoms with Gasteiger partial charge in [-0.05, 0) is 29.1 Å². The number of nitrogens with one attached hydrogen (secondary N) is 1. The third-order valence-corrected chi connectivity index (χ3v) is 3.13. The molecule has 0 unspecified atom stereocenters. The average molecular weight is 222 g/mol. The van der Waals surface area contributed by atoms with E-state index in [1.807, 2.05) is 17.5 Å². The Labute approximate surface area is 91.5 Å². The summed E-state index contributed by atoms with van der Waals surface area (Å²) in [5.74, 6) is 5.26. The van der Waals surface area contributed by atoms with Gasteiger partial charge in [-0.1, -0.05) is 18.2 Å². The molecule has 4 heteroatoms. The molecule has 0 aliphatic rings. The summed E-state index contributed by atoms with van der Waals surface area (Å²) in [5.41, 5.74) is 3.69. The minimum absolute atomic E-state index is 0.0643. The van der Waals surface area contributed by atoms with E-state index in [2.05, 4.69) is 5.43 Å². The molecule has 2 rings (SSSR count). The maximum absolute atomic E-state index is 12.7. The largest absolute Gasteiger partial charge is 0.271 e. The first kappa shape index (κ1) is 10.3. The molecule has 2 nitrogen and oxygen atoms in total. The Morgan fingerprint density at radius 1 is 1.20 bits per heavy atom. The van der Waals surface area contributed by atoms with Gasteiger partial charge in [0.05, 0.1) is 6.04 Å². The van der Waals surface area contributed by atoms with Crippen LogP contribution < -0.4 is 11.3 Å². The smallest absolute Gasteiger partial charge is 0.123 e. The predicted molar refractivity (Wildman–Crippen MR) is 59.9 cm³/mol. The van der Waals surface area contributed by atoms with Crippen LogP contribution in [-0.2, 0) is 0 Å². The van der Waals surface area contributed by atoms with E-state index in [1.54, 1.807) is 23.5 Å². The van der Waals surface area contributed by atoms with Crippen LogP contribution in [0, 0.1) is 5.82 Å². The summed E-state index contributed by atoms with van der Waals surface area (Å²) in [5, 5.41) is 1.99. The number of benzene rings is 1. The maximum atomic E-state index is 12.7. The Bertz CT molecular complexity index is 411. The Kier molecular flexibility index (Phi) is 3.11. The monoisotopic (exact) mass is 222 g/mol. The van der Waals surface area contributed by atoms with Crippen LogP contribution in [0.3, 0.4) is 0 Å². The normalized spacial score (nSPS) is 12.7. The summed E-state index contributed by atoms with van der Waals surface area (Å²) < 4.78 is 12.7. The molecule has 0 bridgehead atoms. The minimum Gasteiger partial charge on any atom is -0.271 e. The SMILES string of the molecule is NN[C@H](c1ccc(F)cc1)c1cccs1. The van der Waals surface area contributed by atoms with Crippen molar-refractivity contribution in [3.8, 4) is 0 Å². The molecule has 0 amide bonds. The molecule has 0 aliphatic carbocycles. The standard InChI is InChI=1S/C11H11FN2S/c12-9-5-3-8(4-6-9)11(14-13)10-2-1-7-15-10/h1-7,11,14H,13H2/t11-/m1/s1. The molecule has 0 radical (unpaired) electrons. The predicted octanol–water partition coefficient (Wildman–Crippen LogP) is 2.44. The first-order valence-corrected chi connectivity index (χ1v) is 5.44. The van der Waals surface area contributed by atoms with Crippen LogP contribution in [0.2, 0.25) is 0 Å². The van der Waals surface area contributed by atoms with E-state index < -0.39 is 0 Å². The molecule has 1 aromatic heterocycles. The van der Waals surface area contributed by atoms with Gasteiger partial charge in [-0.15, -0.1) is 11.3 Å². The number of nitrogens with two attached hydrogens (primary N) is 1. The Hall–Kier alpha value is -1.23. The molecule has 2 aromatic rings. The number of hydrazine groups is 1. The molecular formula is C11H11FN2S. The van der Waals surface area contributed by atoms with E-state index in [4.69, 9.17) is 5.84 Å². The van der Waals surface area contributed by atoms with Crippen molar-refractivity contribution in [3.63, 3.8) is 0 Å². The molecular weight excluding hydrogens is 211 g/mol. The van der Waals surface area contributed by atoms with Gasteiger partial charge < -0.3 is 0 Å². The molecule has 78 valence electrons. The van der Waals surface area contributed by atoms with E-state index in [-0.39, 0.29) is 11.9 Å². The van der Waals surface area contributed by atoms with Gasteiger partial charge >= 0.3 is 0 Å². The van der Waals surface area contributed by atoms with Gasteiger partial charge in [-0.3, -0.25) is 5.84 Å². The van der Waals surface area contributed by atoms with Crippen LogP contribution >= 0.6 is 11.3 Å². The van der Waals surface area contributed by atoms with Gasteiger partial charge in [0.2, 0.25) is 0 Å². The molecule has 0 saturated carbocycles. The van der Waals surface area contributed by atoms with Crippen molar-refractivity contribution in [2.45, 2.75) is 6.04 Å². The lowest BCUT2D eigenvalue weighted by Gasteiger charge is -2.14. The third kappa shape index (κ3) is 2.23. The summed E-state index contributed by atoms with van der Waals surface area (Å²) in [6, 6.07) is 10.2. The number of thiophene rings is 1. The fraction of sp³-hybridized carbons (Fsp3) is 0.0909. The van der Waals surface area contributed by atoms with Crippen LogP contribution in [0.25, 0.3) is 0 Å². The lowest BCUT2D eigenvalue weighted by molar-refractivity contribution is 0.618. The second-order valence-corrected chi connectivity index (χ2v) is 4.15. The van der Waals surface area contributed by atoms with E-state index in [0.717, 1.165) is 10.4 Å². The zero-order valence-corrected chi connectivity index (χ0v) is 8.80. The highest BCUT2D eigenvalue weighted by Crippen LogP contribution is 2.25. The summed E-state index contributed by atoms with van der Waals surface area (Å²) in [6.07, 6.45) is 0. The van der Waals surface area contributed by atoms with E-state index in [0.29, 0.717) is 0 Å². The zero-order valence-electron chi connectivity index (χ0n) is 7.98. The van der Waals surface area contributed by atoms with Crippen molar-refractivity contribution >= 4 is 11.3 Å². The van der Waals surface area contributed by atoms with Crippen molar-refractivity contribution in [1.29, 1.82) is 0 Å². The zero-order chi connectivity index (χ0) is 10.7. The molecule has 0 aliphatic heterocycles. The first-order chi connectivity index (χ1) is 7.31. The second-order valence-electron chi connectivity index (χ2n) is 3.17. The summed E-state index contributed by atoms with van der Waals surface area (Å²) in [4.78, 5) is 1.11. The van der Waals surface area contributed by atoms with Gasteiger partial charge in [0.15, 0.2) is 0 Å². The summed E-state index contributed by atoms with van der Waals surface area (Å²) in [7, 11) is 0. The van der Waals surface area contributed by atoms with Crippen molar-refractivity contribution in [1.82, 2.24) is 5.43 Å². The molecule has 3 N–H and O–H groups in total. The minimum atomic E-state index is -0.235. The Morgan fingerprint density at radius 2 is 1.93 bits per heavy atom. The number of rotatable bonds is 3. The Balaban J connectivity index is 2.31. The van der Waals surface area contributed by atoms with Gasteiger partial charge in [0.1, 0.15) is 5.82 Å². The fourth-order valence-electron chi connectivity index (χ4n) is 1.45. The molecule has 1 atom stereocenters. The van der Waals surface area contributed by atoms with Crippen LogP contribution in [0.1, 0.15) is 16.5 Å². The number of hydrogen-bond donors (Lipinski definition) is 2. The lowest BCUT2D eigenvalue weighted by atomic mass is 10.1. The second kappa shape index (κ2) is 4.53. The topological polar surface area (TPSA) is 38.0 Å². The number of hydrogen-bond acceptors (Lipinski definition) is 3. The van der Waals surface area contributed by atoms with Crippen molar-refractivity contribution in [2.24, 2.45) is 5.84 Å². The molecule has 1 aromatic carbocycles. The van der Waals surface area contributed by atoms with E-state index in [9.17, 15) is 4.39 Å². The van der Waals surface area contributed by atoms with Gasteiger partial charge in [0.25, 0.3) is 0 Å². The lowest BCUT2D eigenvalue weighted by Crippen LogP contribution is -2.28. The quantitative estimate of drug-likeness (QED) is 0.618. The van der Waals surface area contributed by atoms with Crippen LogP contribution in [-0.4, -0.2) is 0 Å². The highest BCUT2D eigenvalue weighted by atomic mass is 32.1. The molecule has 15 heavy (non-hydrogen) atoms. The molecule has 1 heterocycles. The maximum Gasteiger partial charge on any atom is 0.123 e. The summed E-state index contributed by atoms with van der Waals surface area (Å²) in [6.45, 7) is 0. The molecule has 0 saturated heterocycles. The fourth-order valence-corrected chi connectivity index (χ4v) is 2.26. The van der Waals surface area contributed by atoms with Crippen LogP contribution in [0.5, 0.6) is 0 Å². The third-order valence-electron chi connectivity index (χ3n) is 2.20. The van der Waals surface area contributed by atoms with Crippen molar-refractivity contribution in [2.75, 3.05) is 0 Å². The van der Waals surface area contributed by atoms with E-state index >= 15 is 0 Å². The van der Waals surface area contributed by atoms with Gasteiger partial charge in [0, 0.05) is 4.88 Å². The summed E-state index contributed by atoms with van der Waals surface area (Å²) >= 11 is 1.62. The highest BCUT2D eigenvalue weighted by molar-refractivity contribution is 7.10. The first-order valence-electron chi connectivity index (χ1n) is 4.56. The molecule has 0 spiro atoms. The van der Waals surface area contributed by atoms with Crippen molar-refractivity contribution in [3.05, 3.63) is 58.0 Å². The van der Waals surface area contributed by atoms with Gasteiger partial charge in [-0.2, -0.15) is 0 Å². The Morgan fingerprint density at radius 3 is 2.47 bits per heavy atom. The van der Waals surface area contributed by atoms with Crippen molar-refractivity contribution < 1.29 is 4.39 Å². The highest BCUT2D eigenvalue weighted by Gasteiger charge is 2.12.